The summed E-state index contributed by atoms with van der Waals surface area (Å²) in [5.41, 5.74) is 7.23. The third kappa shape index (κ3) is 2.98. The third-order valence-corrected chi connectivity index (χ3v) is 3.98. The Morgan fingerprint density at radius 1 is 1.40 bits per heavy atom. The number of nitrogen functional groups attached to an aromatic ring is 1. The molecule has 2 aromatic rings. The number of aryl methyl sites for hydroxylation is 1. The molecule has 1 amide bonds. The number of amides is 1. The maximum Gasteiger partial charge on any atom is 0.268 e. The van der Waals surface area contributed by atoms with Gasteiger partial charge in [0.2, 0.25) is 0 Å². The van der Waals surface area contributed by atoms with Gasteiger partial charge in [-0.1, -0.05) is 18.2 Å². The van der Waals surface area contributed by atoms with Crippen molar-refractivity contribution in [1.29, 1.82) is 5.26 Å². The molecule has 2 rings (SSSR count). The molecule has 0 radical (unpaired) electrons. The number of nitriles is 1. The molecular formula is C15H15N3OS. The standard InChI is InChI=1S/C15H15N3OS/c1-11-13(17)10-14(20-11)15(19)18(9-5-8-16)12-6-3-2-4-7-12/h2-4,6-7,10H,5,9,17H2,1H3. The van der Waals surface area contributed by atoms with E-state index in [1.54, 1.807) is 11.0 Å². The fourth-order valence-corrected chi connectivity index (χ4v) is 2.74. The van der Waals surface area contributed by atoms with Crippen LogP contribution in [0.2, 0.25) is 0 Å². The van der Waals surface area contributed by atoms with E-state index in [0.29, 0.717) is 23.5 Å². The zero-order chi connectivity index (χ0) is 14.5. The SMILES string of the molecule is Cc1sc(C(=O)N(CCC#N)c2ccccc2)cc1N. The van der Waals surface area contributed by atoms with E-state index < -0.39 is 0 Å². The lowest BCUT2D eigenvalue weighted by molar-refractivity contribution is 0.0991. The molecule has 1 aromatic heterocycles. The van der Waals surface area contributed by atoms with Crippen molar-refractivity contribution in [3.8, 4) is 6.07 Å². The molecule has 1 aromatic carbocycles. The highest BCUT2D eigenvalue weighted by molar-refractivity contribution is 7.14. The van der Waals surface area contributed by atoms with Gasteiger partial charge in [-0.25, -0.2) is 0 Å². The van der Waals surface area contributed by atoms with E-state index in [1.807, 2.05) is 37.3 Å². The van der Waals surface area contributed by atoms with Crippen LogP contribution in [0.3, 0.4) is 0 Å². The molecular weight excluding hydrogens is 270 g/mol. The summed E-state index contributed by atoms with van der Waals surface area (Å²) >= 11 is 1.38. The number of benzene rings is 1. The molecule has 102 valence electrons. The second-order valence-electron chi connectivity index (χ2n) is 4.32. The molecule has 0 bridgehead atoms. The minimum absolute atomic E-state index is 0.115. The van der Waals surface area contributed by atoms with Crippen molar-refractivity contribution in [2.24, 2.45) is 0 Å². The average Bonchev–Trinajstić information content (AvgIpc) is 2.80. The first-order valence-electron chi connectivity index (χ1n) is 6.23. The largest absolute Gasteiger partial charge is 0.398 e. The van der Waals surface area contributed by atoms with Crippen LogP contribution in [0.15, 0.2) is 36.4 Å². The van der Waals surface area contributed by atoms with Gasteiger partial charge in [0.1, 0.15) is 0 Å². The summed E-state index contributed by atoms with van der Waals surface area (Å²) in [5, 5.41) is 8.76. The van der Waals surface area contributed by atoms with Gasteiger partial charge in [0.25, 0.3) is 5.91 Å². The highest BCUT2D eigenvalue weighted by Gasteiger charge is 2.19. The first-order valence-corrected chi connectivity index (χ1v) is 7.05. The van der Waals surface area contributed by atoms with Crippen molar-refractivity contribution in [2.75, 3.05) is 17.2 Å². The Labute approximate surface area is 122 Å². The van der Waals surface area contributed by atoms with Gasteiger partial charge in [-0.15, -0.1) is 11.3 Å². The van der Waals surface area contributed by atoms with E-state index in [0.717, 1.165) is 10.6 Å². The first kappa shape index (κ1) is 14.1. The van der Waals surface area contributed by atoms with E-state index in [9.17, 15) is 4.79 Å². The Kier molecular flexibility index (Phi) is 4.38. The van der Waals surface area contributed by atoms with Crippen molar-refractivity contribution >= 4 is 28.6 Å². The van der Waals surface area contributed by atoms with Crippen molar-refractivity contribution in [1.82, 2.24) is 0 Å². The topological polar surface area (TPSA) is 70.1 Å². The number of rotatable bonds is 4. The molecule has 0 saturated heterocycles. The zero-order valence-corrected chi connectivity index (χ0v) is 12.0. The second kappa shape index (κ2) is 6.22. The highest BCUT2D eigenvalue weighted by atomic mass is 32.1. The second-order valence-corrected chi connectivity index (χ2v) is 5.58. The number of hydrogen-bond acceptors (Lipinski definition) is 4. The molecule has 0 saturated carbocycles. The Morgan fingerprint density at radius 2 is 2.10 bits per heavy atom. The van der Waals surface area contributed by atoms with E-state index in [2.05, 4.69) is 6.07 Å². The molecule has 0 unspecified atom stereocenters. The van der Waals surface area contributed by atoms with E-state index >= 15 is 0 Å². The first-order chi connectivity index (χ1) is 9.63. The van der Waals surface area contributed by atoms with E-state index in [-0.39, 0.29) is 5.91 Å². The number of carbonyl (C=O) groups excluding carboxylic acids is 1. The Bertz CT molecular complexity index is 623. The number of hydrogen-bond donors (Lipinski definition) is 1. The summed E-state index contributed by atoms with van der Waals surface area (Å²) in [6.07, 6.45) is 0.292. The van der Waals surface area contributed by atoms with Gasteiger partial charge in [-0.3, -0.25) is 4.79 Å². The highest BCUT2D eigenvalue weighted by Crippen LogP contribution is 2.26. The zero-order valence-electron chi connectivity index (χ0n) is 11.2. The van der Waals surface area contributed by atoms with Crippen LogP contribution in [0.25, 0.3) is 0 Å². The number of para-hydroxylation sites is 1. The molecule has 0 atom stereocenters. The summed E-state index contributed by atoms with van der Waals surface area (Å²) in [4.78, 5) is 15.7. The van der Waals surface area contributed by atoms with Gasteiger partial charge in [-0.2, -0.15) is 5.26 Å². The van der Waals surface area contributed by atoms with Crippen LogP contribution in [0, 0.1) is 18.3 Å². The smallest absolute Gasteiger partial charge is 0.268 e. The van der Waals surface area contributed by atoms with Crippen LogP contribution in [0.1, 0.15) is 21.0 Å². The van der Waals surface area contributed by atoms with Crippen LogP contribution >= 0.6 is 11.3 Å². The van der Waals surface area contributed by atoms with Gasteiger partial charge in [0.15, 0.2) is 0 Å². The van der Waals surface area contributed by atoms with Crippen molar-refractivity contribution in [2.45, 2.75) is 13.3 Å². The van der Waals surface area contributed by atoms with Crippen LogP contribution < -0.4 is 10.6 Å². The summed E-state index contributed by atoms with van der Waals surface area (Å²) in [7, 11) is 0. The third-order valence-electron chi connectivity index (χ3n) is 2.93. The quantitative estimate of drug-likeness (QED) is 0.937. The minimum Gasteiger partial charge on any atom is -0.398 e. The van der Waals surface area contributed by atoms with Gasteiger partial charge in [-0.05, 0) is 25.1 Å². The Morgan fingerprint density at radius 3 is 2.65 bits per heavy atom. The van der Waals surface area contributed by atoms with Crippen LogP contribution in [-0.4, -0.2) is 12.5 Å². The van der Waals surface area contributed by atoms with Crippen LogP contribution in [0.5, 0.6) is 0 Å². The van der Waals surface area contributed by atoms with Crippen molar-refractivity contribution in [3.63, 3.8) is 0 Å². The average molecular weight is 285 g/mol. The maximum atomic E-state index is 12.6. The fraction of sp³-hybridized carbons (Fsp3) is 0.200. The molecule has 0 aliphatic rings. The summed E-state index contributed by atoms with van der Waals surface area (Å²) in [5.74, 6) is -0.115. The van der Waals surface area contributed by atoms with Gasteiger partial charge in [0.05, 0.1) is 17.4 Å². The minimum atomic E-state index is -0.115. The summed E-state index contributed by atoms with van der Waals surface area (Å²) in [6, 6.07) is 13.1. The number of nitrogens with zero attached hydrogens (tertiary/aromatic N) is 2. The van der Waals surface area contributed by atoms with E-state index in [1.165, 1.54) is 11.3 Å². The van der Waals surface area contributed by atoms with Crippen LogP contribution in [0.4, 0.5) is 11.4 Å². The Balaban J connectivity index is 2.31. The van der Waals surface area contributed by atoms with Gasteiger partial charge >= 0.3 is 0 Å². The fourth-order valence-electron chi connectivity index (χ4n) is 1.85. The Hall–Kier alpha value is -2.32. The van der Waals surface area contributed by atoms with E-state index in [4.69, 9.17) is 11.0 Å². The molecule has 4 nitrogen and oxygen atoms in total. The lowest BCUT2D eigenvalue weighted by Gasteiger charge is -2.20. The molecule has 1 heterocycles. The van der Waals surface area contributed by atoms with Gasteiger partial charge < -0.3 is 10.6 Å². The molecule has 20 heavy (non-hydrogen) atoms. The predicted molar refractivity (Wildman–Crippen MR) is 81.8 cm³/mol. The number of thiophene rings is 1. The normalized spacial score (nSPS) is 10.0. The molecule has 2 N–H and O–H groups in total. The van der Waals surface area contributed by atoms with Crippen molar-refractivity contribution in [3.05, 3.63) is 46.2 Å². The molecule has 0 aliphatic heterocycles. The lowest BCUT2D eigenvalue weighted by atomic mass is 10.2. The number of anilines is 2. The molecule has 0 aliphatic carbocycles. The van der Waals surface area contributed by atoms with Gasteiger partial charge in [0, 0.05) is 22.8 Å². The summed E-state index contributed by atoms with van der Waals surface area (Å²) < 4.78 is 0. The van der Waals surface area contributed by atoms with Crippen LogP contribution in [-0.2, 0) is 0 Å². The predicted octanol–water partition coefficient (Wildman–Crippen LogP) is 3.20. The molecule has 5 heteroatoms. The van der Waals surface area contributed by atoms with Crippen molar-refractivity contribution < 1.29 is 4.79 Å². The maximum absolute atomic E-state index is 12.6. The summed E-state index contributed by atoms with van der Waals surface area (Å²) in [6.45, 7) is 2.26. The molecule has 0 spiro atoms. The number of nitrogens with two attached hydrogens (primary N) is 1. The number of carbonyl (C=O) groups is 1. The molecule has 0 fully saturated rings. The lowest BCUT2D eigenvalue weighted by Crippen LogP contribution is -2.31. The monoisotopic (exact) mass is 285 g/mol.